The third-order valence-electron chi connectivity index (χ3n) is 4.49. The number of imidazole rings is 1. The number of aryl methyl sites for hydroxylation is 1. The molecule has 8 heteroatoms. The molecule has 0 spiro atoms. The summed E-state index contributed by atoms with van der Waals surface area (Å²) in [4.78, 5) is 25.3. The second-order valence-electron chi connectivity index (χ2n) is 6.25. The molecule has 0 atom stereocenters. The second-order valence-corrected chi connectivity index (χ2v) is 6.25. The summed E-state index contributed by atoms with van der Waals surface area (Å²) in [6, 6.07) is 7.85. The van der Waals surface area contributed by atoms with E-state index in [0.717, 1.165) is 24.1 Å². The summed E-state index contributed by atoms with van der Waals surface area (Å²) in [6.45, 7) is 5.81. The number of rotatable bonds is 4. The van der Waals surface area contributed by atoms with E-state index >= 15 is 0 Å². The molecular formula is C17H20N6O2. The van der Waals surface area contributed by atoms with Gasteiger partial charge in [-0.3, -0.25) is 9.69 Å². The molecule has 1 amide bonds. The van der Waals surface area contributed by atoms with Crippen LogP contribution in [0, 0.1) is 6.92 Å². The van der Waals surface area contributed by atoms with Crippen LogP contribution in [0.2, 0.25) is 0 Å². The fraction of sp³-hybridized carbons (Fsp3) is 0.412. The van der Waals surface area contributed by atoms with Gasteiger partial charge in [0.2, 0.25) is 11.8 Å². The Morgan fingerprint density at radius 1 is 1.20 bits per heavy atom. The molecule has 1 aromatic carbocycles. The summed E-state index contributed by atoms with van der Waals surface area (Å²) in [5, 5.41) is 3.92. The maximum Gasteiger partial charge on any atom is 0.242 e. The third kappa shape index (κ3) is 3.39. The first-order valence-electron chi connectivity index (χ1n) is 8.38. The van der Waals surface area contributed by atoms with Gasteiger partial charge in [-0.1, -0.05) is 17.3 Å². The van der Waals surface area contributed by atoms with Crippen LogP contribution >= 0.6 is 0 Å². The maximum absolute atomic E-state index is 12.6. The van der Waals surface area contributed by atoms with Gasteiger partial charge in [0.15, 0.2) is 5.82 Å². The first kappa shape index (κ1) is 15.8. The molecule has 1 fully saturated rings. The first-order chi connectivity index (χ1) is 12.2. The highest BCUT2D eigenvalue weighted by Gasteiger charge is 2.22. The van der Waals surface area contributed by atoms with E-state index in [1.165, 1.54) is 0 Å². The summed E-state index contributed by atoms with van der Waals surface area (Å²) in [5.74, 6) is 1.40. The topological polar surface area (TPSA) is 80.3 Å². The fourth-order valence-electron chi connectivity index (χ4n) is 3.14. The smallest absolute Gasteiger partial charge is 0.242 e. The summed E-state index contributed by atoms with van der Waals surface area (Å²) in [7, 11) is 0. The molecule has 1 saturated heterocycles. The predicted octanol–water partition coefficient (Wildman–Crippen LogP) is 1.07. The van der Waals surface area contributed by atoms with Crippen molar-refractivity contribution in [3.05, 3.63) is 42.3 Å². The van der Waals surface area contributed by atoms with Gasteiger partial charge in [-0.15, -0.1) is 0 Å². The van der Waals surface area contributed by atoms with Gasteiger partial charge in [0.1, 0.15) is 6.54 Å². The van der Waals surface area contributed by atoms with Crippen LogP contribution in [0.25, 0.3) is 11.0 Å². The molecule has 0 bridgehead atoms. The molecule has 1 aliphatic rings. The fourth-order valence-corrected chi connectivity index (χ4v) is 3.14. The van der Waals surface area contributed by atoms with Crippen molar-refractivity contribution in [3.8, 4) is 0 Å². The minimum Gasteiger partial charge on any atom is -0.340 e. The zero-order valence-corrected chi connectivity index (χ0v) is 14.1. The van der Waals surface area contributed by atoms with Crippen LogP contribution in [0.5, 0.6) is 0 Å². The van der Waals surface area contributed by atoms with Crippen LogP contribution < -0.4 is 0 Å². The van der Waals surface area contributed by atoms with Crippen LogP contribution in [-0.4, -0.2) is 61.6 Å². The Hall–Kier alpha value is -2.74. The standard InChI is InChI=1S/C17H20N6O2/c1-13-19-16(20-25-13)10-21-6-8-22(9-7-21)17(24)11-23-12-18-14-4-2-3-5-15(14)23/h2-5,12H,6-11H2,1H3. The second kappa shape index (κ2) is 6.64. The van der Waals surface area contributed by atoms with Gasteiger partial charge in [0.25, 0.3) is 0 Å². The molecule has 0 unspecified atom stereocenters. The first-order valence-corrected chi connectivity index (χ1v) is 8.38. The number of benzene rings is 1. The lowest BCUT2D eigenvalue weighted by molar-refractivity contribution is -0.133. The van der Waals surface area contributed by atoms with E-state index in [0.29, 0.717) is 37.9 Å². The summed E-state index contributed by atoms with van der Waals surface area (Å²) in [5.41, 5.74) is 1.90. The molecule has 0 aliphatic carbocycles. The molecule has 0 N–H and O–H groups in total. The van der Waals surface area contributed by atoms with E-state index < -0.39 is 0 Å². The number of aromatic nitrogens is 4. The molecule has 1 aliphatic heterocycles. The lowest BCUT2D eigenvalue weighted by Gasteiger charge is -2.34. The number of nitrogens with zero attached hydrogens (tertiary/aromatic N) is 6. The molecule has 0 radical (unpaired) electrons. The Bertz CT molecular complexity index is 878. The Morgan fingerprint density at radius 2 is 2.00 bits per heavy atom. The van der Waals surface area contributed by atoms with E-state index in [2.05, 4.69) is 20.0 Å². The molecular weight excluding hydrogens is 320 g/mol. The number of hydrogen-bond donors (Lipinski definition) is 0. The molecule has 2 aromatic heterocycles. The third-order valence-corrected chi connectivity index (χ3v) is 4.49. The number of carbonyl (C=O) groups is 1. The molecule has 25 heavy (non-hydrogen) atoms. The van der Waals surface area contributed by atoms with E-state index in [-0.39, 0.29) is 5.91 Å². The van der Waals surface area contributed by atoms with Crippen LogP contribution in [0.4, 0.5) is 0 Å². The number of hydrogen-bond acceptors (Lipinski definition) is 6. The van der Waals surface area contributed by atoms with Gasteiger partial charge in [0.05, 0.1) is 23.9 Å². The van der Waals surface area contributed by atoms with E-state index in [1.54, 1.807) is 13.3 Å². The molecule has 8 nitrogen and oxygen atoms in total. The Kier molecular flexibility index (Phi) is 4.19. The summed E-state index contributed by atoms with van der Waals surface area (Å²) >= 11 is 0. The van der Waals surface area contributed by atoms with Gasteiger partial charge in [-0.2, -0.15) is 4.98 Å². The highest BCUT2D eigenvalue weighted by Crippen LogP contribution is 2.13. The zero-order chi connectivity index (χ0) is 17.2. The van der Waals surface area contributed by atoms with Crippen molar-refractivity contribution in [3.63, 3.8) is 0 Å². The van der Waals surface area contributed by atoms with Crippen LogP contribution in [0.1, 0.15) is 11.7 Å². The molecule has 4 rings (SSSR count). The van der Waals surface area contributed by atoms with Crippen LogP contribution in [0.15, 0.2) is 35.1 Å². The van der Waals surface area contributed by atoms with Crippen LogP contribution in [0.3, 0.4) is 0 Å². The highest BCUT2D eigenvalue weighted by molar-refractivity contribution is 5.80. The maximum atomic E-state index is 12.6. The Balaban J connectivity index is 1.33. The van der Waals surface area contributed by atoms with Crippen molar-refractivity contribution in [2.24, 2.45) is 0 Å². The van der Waals surface area contributed by atoms with Crippen molar-refractivity contribution < 1.29 is 9.32 Å². The van der Waals surface area contributed by atoms with Gasteiger partial charge in [0, 0.05) is 33.1 Å². The number of amides is 1. The average molecular weight is 340 g/mol. The average Bonchev–Trinajstić information content (AvgIpc) is 3.22. The van der Waals surface area contributed by atoms with Crippen molar-refractivity contribution in [1.29, 1.82) is 0 Å². The minimum atomic E-state index is 0.123. The van der Waals surface area contributed by atoms with Crippen molar-refractivity contribution in [2.45, 2.75) is 20.0 Å². The van der Waals surface area contributed by atoms with Gasteiger partial charge in [-0.25, -0.2) is 4.98 Å². The minimum absolute atomic E-state index is 0.123. The molecule has 0 saturated carbocycles. The SMILES string of the molecule is Cc1nc(CN2CCN(C(=O)Cn3cnc4ccccc43)CC2)no1. The van der Waals surface area contributed by atoms with Crippen molar-refractivity contribution in [1.82, 2.24) is 29.5 Å². The van der Waals surface area contributed by atoms with Gasteiger partial charge in [-0.05, 0) is 12.1 Å². The monoisotopic (exact) mass is 340 g/mol. The lowest BCUT2D eigenvalue weighted by atomic mass is 10.3. The predicted molar refractivity (Wildman–Crippen MR) is 90.6 cm³/mol. The lowest BCUT2D eigenvalue weighted by Crippen LogP contribution is -2.49. The Morgan fingerprint density at radius 3 is 2.76 bits per heavy atom. The van der Waals surface area contributed by atoms with Crippen molar-refractivity contribution >= 4 is 16.9 Å². The van der Waals surface area contributed by atoms with E-state index in [1.807, 2.05) is 33.7 Å². The quantitative estimate of drug-likeness (QED) is 0.707. The zero-order valence-electron chi connectivity index (χ0n) is 14.1. The Labute approximate surface area is 145 Å². The highest BCUT2D eigenvalue weighted by atomic mass is 16.5. The number of fused-ring (bicyclic) bond motifs is 1. The molecule has 130 valence electrons. The molecule has 3 heterocycles. The molecule has 3 aromatic rings. The normalized spacial score (nSPS) is 15.8. The van der Waals surface area contributed by atoms with Gasteiger partial charge >= 0.3 is 0 Å². The van der Waals surface area contributed by atoms with Crippen LogP contribution in [-0.2, 0) is 17.9 Å². The number of carbonyl (C=O) groups excluding carboxylic acids is 1. The number of piperazine rings is 1. The van der Waals surface area contributed by atoms with E-state index in [9.17, 15) is 4.79 Å². The number of para-hydroxylation sites is 2. The van der Waals surface area contributed by atoms with Crippen molar-refractivity contribution in [2.75, 3.05) is 26.2 Å². The summed E-state index contributed by atoms with van der Waals surface area (Å²) < 4.78 is 6.91. The largest absolute Gasteiger partial charge is 0.340 e. The van der Waals surface area contributed by atoms with E-state index in [4.69, 9.17) is 4.52 Å². The van der Waals surface area contributed by atoms with Gasteiger partial charge < -0.3 is 14.0 Å². The summed E-state index contributed by atoms with van der Waals surface area (Å²) in [6.07, 6.45) is 1.73.